The first-order chi connectivity index (χ1) is 14.8. The third-order valence-corrected chi connectivity index (χ3v) is 9.15. The number of rotatable bonds is 5. The van der Waals surface area contributed by atoms with Crippen molar-refractivity contribution in [2.75, 3.05) is 7.11 Å². The van der Waals surface area contributed by atoms with Crippen molar-refractivity contribution in [1.29, 1.82) is 0 Å². The molecule has 6 rings (SSSR count). The van der Waals surface area contributed by atoms with E-state index in [1.165, 1.54) is 55.9 Å². The van der Waals surface area contributed by atoms with E-state index in [-0.39, 0.29) is 10.5 Å². The van der Waals surface area contributed by atoms with Gasteiger partial charge in [-0.05, 0) is 93.2 Å². The van der Waals surface area contributed by atoms with Gasteiger partial charge in [0.15, 0.2) is 0 Å². The summed E-state index contributed by atoms with van der Waals surface area (Å²) >= 11 is 1.28. The fourth-order valence-corrected chi connectivity index (χ4v) is 7.88. The van der Waals surface area contributed by atoms with Crippen LogP contribution in [0.4, 0.5) is 0 Å². The number of carboxylic acid groups (broad SMARTS) is 1. The predicted octanol–water partition coefficient (Wildman–Crippen LogP) is 5.77. The molecule has 4 fully saturated rings. The van der Waals surface area contributed by atoms with Crippen LogP contribution in [0.25, 0.3) is 0 Å². The number of benzene rings is 1. The Bertz CT molecular complexity index is 956. The third kappa shape index (κ3) is 3.75. The van der Waals surface area contributed by atoms with Gasteiger partial charge in [-0.25, -0.2) is 4.79 Å². The monoisotopic (exact) mass is 438 g/mol. The van der Waals surface area contributed by atoms with E-state index in [1.54, 1.807) is 19.3 Å². The summed E-state index contributed by atoms with van der Waals surface area (Å²) in [5.41, 5.74) is 2.41. The van der Waals surface area contributed by atoms with Gasteiger partial charge in [0.05, 0.1) is 12.7 Å². The summed E-state index contributed by atoms with van der Waals surface area (Å²) in [6.45, 7) is 1.99. The van der Waals surface area contributed by atoms with E-state index >= 15 is 0 Å². The molecule has 5 heteroatoms. The minimum Gasteiger partial charge on any atom is -0.496 e. The molecule has 0 saturated heterocycles. The highest BCUT2D eigenvalue weighted by atomic mass is 32.2. The SMILES string of the molecule is COc1ccc(C(=O)SC2(C)C=CC(C(=O)O)=CC2)cc1C12CC3CC(CC(C3)C1)C2. The van der Waals surface area contributed by atoms with Gasteiger partial charge in [-0.15, -0.1) is 0 Å². The van der Waals surface area contributed by atoms with E-state index in [1.807, 2.05) is 25.1 Å². The van der Waals surface area contributed by atoms with Crippen LogP contribution in [0.15, 0.2) is 42.0 Å². The highest BCUT2D eigenvalue weighted by Gasteiger charge is 2.52. The molecule has 31 heavy (non-hydrogen) atoms. The van der Waals surface area contributed by atoms with Gasteiger partial charge in [0.25, 0.3) is 0 Å². The Labute approximate surface area is 188 Å². The number of hydrogen-bond acceptors (Lipinski definition) is 4. The maximum atomic E-state index is 13.3. The number of allylic oxidation sites excluding steroid dienone is 1. The van der Waals surface area contributed by atoms with Crippen LogP contribution in [0.3, 0.4) is 0 Å². The summed E-state index contributed by atoms with van der Waals surface area (Å²) in [5, 5.41) is 9.19. The molecule has 4 bridgehead atoms. The van der Waals surface area contributed by atoms with E-state index in [9.17, 15) is 9.59 Å². The number of carboxylic acids is 1. The van der Waals surface area contributed by atoms with Gasteiger partial charge >= 0.3 is 5.97 Å². The zero-order valence-electron chi connectivity index (χ0n) is 18.2. The summed E-state index contributed by atoms with van der Waals surface area (Å²) in [4.78, 5) is 24.4. The van der Waals surface area contributed by atoms with Crippen molar-refractivity contribution in [3.05, 3.63) is 53.1 Å². The largest absolute Gasteiger partial charge is 0.496 e. The van der Waals surface area contributed by atoms with Crippen LogP contribution < -0.4 is 4.74 Å². The number of aliphatic carboxylic acids is 1. The molecule has 5 aliphatic carbocycles. The van der Waals surface area contributed by atoms with Gasteiger partial charge in [-0.2, -0.15) is 0 Å². The van der Waals surface area contributed by atoms with Crippen LogP contribution in [0.1, 0.15) is 67.8 Å². The number of hydrogen-bond donors (Lipinski definition) is 1. The second-order valence-electron chi connectivity index (χ2n) is 10.3. The second-order valence-corrected chi connectivity index (χ2v) is 11.8. The van der Waals surface area contributed by atoms with Crippen LogP contribution in [-0.2, 0) is 10.2 Å². The highest BCUT2D eigenvalue weighted by Crippen LogP contribution is 2.62. The summed E-state index contributed by atoms with van der Waals surface area (Å²) in [6.07, 6.45) is 13.5. The summed E-state index contributed by atoms with van der Waals surface area (Å²) < 4.78 is 5.35. The highest BCUT2D eigenvalue weighted by molar-refractivity contribution is 8.15. The van der Waals surface area contributed by atoms with Crippen molar-refractivity contribution in [1.82, 2.24) is 0 Å². The number of methoxy groups -OCH3 is 1. The third-order valence-electron chi connectivity index (χ3n) is 7.96. The molecular weight excluding hydrogens is 408 g/mol. The first kappa shape index (κ1) is 20.9. The Balaban J connectivity index is 1.41. The lowest BCUT2D eigenvalue weighted by atomic mass is 9.48. The van der Waals surface area contributed by atoms with Crippen LogP contribution in [0.2, 0.25) is 0 Å². The lowest BCUT2D eigenvalue weighted by molar-refractivity contribution is -0.132. The smallest absolute Gasteiger partial charge is 0.335 e. The number of carbonyl (C=O) groups is 2. The minimum absolute atomic E-state index is 0.0351. The van der Waals surface area contributed by atoms with Crippen molar-refractivity contribution in [3.8, 4) is 5.75 Å². The minimum atomic E-state index is -0.926. The number of ether oxygens (including phenoxy) is 1. The number of thioether (sulfide) groups is 1. The van der Waals surface area contributed by atoms with Gasteiger partial charge in [-0.3, -0.25) is 4.79 Å². The van der Waals surface area contributed by atoms with Crippen LogP contribution >= 0.6 is 11.8 Å². The molecule has 0 aromatic heterocycles. The van der Waals surface area contributed by atoms with E-state index in [0.29, 0.717) is 12.0 Å². The van der Waals surface area contributed by atoms with Crippen LogP contribution in [-0.4, -0.2) is 28.0 Å². The molecule has 0 radical (unpaired) electrons. The molecule has 0 amide bonds. The molecule has 5 aliphatic rings. The fourth-order valence-electron chi connectivity index (χ4n) is 6.91. The van der Waals surface area contributed by atoms with Gasteiger partial charge in [0, 0.05) is 15.9 Å². The van der Waals surface area contributed by atoms with Crippen molar-refractivity contribution >= 4 is 22.8 Å². The van der Waals surface area contributed by atoms with Gasteiger partial charge in [0.1, 0.15) is 5.75 Å². The zero-order valence-corrected chi connectivity index (χ0v) is 19.0. The number of carbonyl (C=O) groups excluding carboxylic acids is 1. The Morgan fingerprint density at radius 3 is 2.26 bits per heavy atom. The summed E-state index contributed by atoms with van der Waals surface area (Å²) in [5.74, 6) is 2.47. The van der Waals surface area contributed by atoms with E-state index in [2.05, 4.69) is 6.07 Å². The molecule has 1 N–H and O–H groups in total. The Morgan fingerprint density at radius 1 is 1.10 bits per heavy atom. The van der Waals surface area contributed by atoms with Gasteiger partial charge in [0.2, 0.25) is 5.12 Å². The first-order valence-corrected chi connectivity index (χ1v) is 12.2. The lowest BCUT2D eigenvalue weighted by Gasteiger charge is -2.57. The normalized spacial score (nSPS) is 35.7. The van der Waals surface area contributed by atoms with E-state index < -0.39 is 10.7 Å². The molecule has 4 nitrogen and oxygen atoms in total. The van der Waals surface area contributed by atoms with Crippen molar-refractivity contribution in [3.63, 3.8) is 0 Å². The quantitative estimate of drug-likeness (QED) is 0.633. The van der Waals surface area contributed by atoms with E-state index in [4.69, 9.17) is 9.84 Å². The Kier molecular flexibility index (Phi) is 5.08. The first-order valence-electron chi connectivity index (χ1n) is 11.3. The Morgan fingerprint density at radius 2 is 1.74 bits per heavy atom. The van der Waals surface area contributed by atoms with Crippen molar-refractivity contribution in [2.45, 2.75) is 62.0 Å². The van der Waals surface area contributed by atoms with Gasteiger partial charge < -0.3 is 9.84 Å². The molecule has 164 valence electrons. The molecule has 0 spiro atoms. The molecule has 0 aliphatic heterocycles. The molecule has 0 heterocycles. The molecule has 1 aromatic rings. The molecule has 1 atom stereocenters. The van der Waals surface area contributed by atoms with Gasteiger partial charge in [-0.1, -0.05) is 30.0 Å². The predicted molar refractivity (Wildman–Crippen MR) is 123 cm³/mol. The average molecular weight is 439 g/mol. The average Bonchev–Trinajstić information content (AvgIpc) is 2.72. The fraction of sp³-hybridized carbons (Fsp3) is 0.538. The Hall–Kier alpha value is -2.01. The summed E-state index contributed by atoms with van der Waals surface area (Å²) in [6, 6.07) is 5.96. The van der Waals surface area contributed by atoms with Crippen molar-refractivity contribution < 1.29 is 19.4 Å². The topological polar surface area (TPSA) is 63.6 Å². The standard InChI is InChI=1S/C26H30O4S/c1-25(7-5-19(6-8-25)23(27)28)31-24(29)20-3-4-22(30-2)21(12-20)26-13-16-9-17(14-26)11-18(10-16)15-26/h3-7,12,16-18H,8-11,13-15H2,1-2H3,(H,27,28). The van der Waals surface area contributed by atoms with E-state index in [0.717, 1.165) is 29.1 Å². The lowest BCUT2D eigenvalue weighted by Crippen LogP contribution is -2.48. The van der Waals surface area contributed by atoms with Crippen LogP contribution in [0, 0.1) is 17.8 Å². The maximum Gasteiger partial charge on any atom is 0.335 e. The molecule has 1 unspecified atom stereocenters. The molecule has 4 saturated carbocycles. The molecule has 1 aromatic carbocycles. The molecular formula is C26H30O4S. The van der Waals surface area contributed by atoms with Crippen molar-refractivity contribution in [2.24, 2.45) is 17.8 Å². The zero-order chi connectivity index (χ0) is 21.8. The van der Waals surface area contributed by atoms with Crippen LogP contribution in [0.5, 0.6) is 5.75 Å². The second kappa shape index (κ2) is 7.54. The maximum absolute atomic E-state index is 13.3. The summed E-state index contributed by atoms with van der Waals surface area (Å²) in [7, 11) is 1.73.